The van der Waals surface area contributed by atoms with Crippen molar-refractivity contribution in [3.63, 3.8) is 0 Å². The second-order valence-electron chi connectivity index (χ2n) is 7.71. The molecule has 0 N–H and O–H groups in total. The molecule has 26 heavy (non-hydrogen) atoms. The molecule has 2 amide bonds. The first-order chi connectivity index (χ1) is 12.6. The van der Waals surface area contributed by atoms with Crippen molar-refractivity contribution in [1.29, 1.82) is 0 Å². The summed E-state index contributed by atoms with van der Waals surface area (Å²) in [5.41, 5.74) is 1.20. The van der Waals surface area contributed by atoms with E-state index in [0.717, 1.165) is 50.9 Å². The third-order valence-electron chi connectivity index (χ3n) is 5.55. The second-order valence-corrected chi connectivity index (χ2v) is 7.71. The van der Waals surface area contributed by atoms with Crippen LogP contribution in [0.3, 0.4) is 0 Å². The maximum absolute atomic E-state index is 12.5. The molecule has 0 aliphatic carbocycles. The number of ether oxygens (including phenoxy) is 1. The summed E-state index contributed by atoms with van der Waals surface area (Å²) in [6, 6.07) is 10.1. The molecular weight excluding hydrogens is 328 g/mol. The first-order valence-corrected chi connectivity index (χ1v) is 9.79. The van der Waals surface area contributed by atoms with Gasteiger partial charge in [-0.15, -0.1) is 0 Å². The van der Waals surface area contributed by atoms with E-state index in [1.54, 1.807) is 0 Å². The number of carbonyl (C=O) groups excluding carboxylic acids is 2. The molecule has 3 rings (SSSR count). The summed E-state index contributed by atoms with van der Waals surface area (Å²) < 4.78 is 5.44. The van der Waals surface area contributed by atoms with Gasteiger partial charge in [0.25, 0.3) is 0 Å². The van der Waals surface area contributed by atoms with E-state index >= 15 is 0 Å². The van der Waals surface area contributed by atoms with E-state index in [4.69, 9.17) is 4.74 Å². The van der Waals surface area contributed by atoms with Gasteiger partial charge in [0.05, 0.1) is 0 Å². The summed E-state index contributed by atoms with van der Waals surface area (Å²) in [5.74, 6) is 0.318. The van der Waals surface area contributed by atoms with Crippen LogP contribution < -0.4 is 0 Å². The normalized spacial score (nSPS) is 23.5. The minimum Gasteiger partial charge on any atom is -0.372 e. The van der Waals surface area contributed by atoms with E-state index in [1.807, 2.05) is 34.9 Å². The fraction of sp³-hybridized carbons (Fsp3) is 0.619. The Bertz CT molecular complexity index is 619. The van der Waals surface area contributed by atoms with Gasteiger partial charge in [-0.05, 0) is 31.2 Å². The van der Waals surface area contributed by atoms with Crippen LogP contribution in [0, 0.1) is 5.41 Å². The molecule has 142 valence electrons. The van der Waals surface area contributed by atoms with E-state index in [-0.39, 0.29) is 23.8 Å². The van der Waals surface area contributed by atoms with Crippen molar-refractivity contribution in [3.8, 4) is 0 Å². The van der Waals surface area contributed by atoms with Crippen molar-refractivity contribution in [1.82, 2.24) is 9.80 Å². The molecule has 0 bridgehead atoms. The number of hydrogen-bond donors (Lipinski definition) is 0. The molecule has 0 aromatic heterocycles. The highest BCUT2D eigenvalue weighted by atomic mass is 16.5. The third-order valence-corrected chi connectivity index (χ3v) is 5.55. The number of nitrogens with zero attached hydrogens (tertiary/aromatic N) is 2. The van der Waals surface area contributed by atoms with Gasteiger partial charge in [0.1, 0.15) is 6.61 Å². The Labute approximate surface area is 156 Å². The number of carbonyl (C=O) groups is 2. The maximum Gasteiger partial charge on any atom is 0.248 e. The highest BCUT2D eigenvalue weighted by Gasteiger charge is 2.42. The molecule has 0 saturated carbocycles. The second kappa shape index (κ2) is 8.67. The lowest BCUT2D eigenvalue weighted by Crippen LogP contribution is -2.55. The fourth-order valence-electron chi connectivity index (χ4n) is 4.20. The molecule has 2 aliphatic rings. The summed E-state index contributed by atoms with van der Waals surface area (Å²) in [6.07, 6.45) is 4.49. The Kier molecular flexibility index (Phi) is 6.30. The largest absolute Gasteiger partial charge is 0.372 e. The highest BCUT2D eigenvalue weighted by molar-refractivity contribution is 5.78. The summed E-state index contributed by atoms with van der Waals surface area (Å²) in [6.45, 7) is 5.82. The molecular formula is C21H30N2O3. The Hall–Kier alpha value is -1.88. The van der Waals surface area contributed by atoms with E-state index < -0.39 is 0 Å². The number of amides is 2. The van der Waals surface area contributed by atoms with Gasteiger partial charge in [-0.25, -0.2) is 0 Å². The Morgan fingerprint density at radius 3 is 2.77 bits per heavy atom. The van der Waals surface area contributed by atoms with Crippen LogP contribution in [0.4, 0.5) is 0 Å². The quantitative estimate of drug-likeness (QED) is 0.735. The maximum atomic E-state index is 12.5. The van der Waals surface area contributed by atoms with Crippen molar-refractivity contribution in [2.75, 3.05) is 32.8 Å². The number of piperidine rings is 2. The van der Waals surface area contributed by atoms with Gasteiger partial charge in [-0.1, -0.05) is 37.3 Å². The summed E-state index contributed by atoms with van der Waals surface area (Å²) in [5, 5.41) is 0. The predicted octanol–water partition coefficient (Wildman–Crippen LogP) is 2.84. The topological polar surface area (TPSA) is 49.9 Å². The van der Waals surface area contributed by atoms with E-state index in [9.17, 15) is 9.59 Å². The zero-order chi connectivity index (χ0) is 18.4. The molecule has 1 aromatic carbocycles. The number of likely N-dealkylation sites (tertiary alicyclic amines) is 2. The van der Waals surface area contributed by atoms with Crippen LogP contribution in [0.2, 0.25) is 0 Å². The first-order valence-electron chi connectivity index (χ1n) is 9.79. The number of benzene rings is 1. The minimum atomic E-state index is 0.0430. The molecule has 1 spiro atoms. The molecule has 1 aromatic rings. The standard InChI is InChI=1S/C21H30N2O3/c1-2-13-26-15-20(25)22-12-6-10-21(16-22)11-9-19(24)23(17-21)14-18-7-4-3-5-8-18/h3-5,7-8H,2,6,9-17H2,1H3/t21-/m1/s1. The van der Waals surface area contributed by atoms with Crippen LogP contribution in [0.15, 0.2) is 30.3 Å². The van der Waals surface area contributed by atoms with Crippen LogP contribution in [-0.2, 0) is 20.9 Å². The van der Waals surface area contributed by atoms with Crippen LogP contribution >= 0.6 is 0 Å². The molecule has 0 unspecified atom stereocenters. The van der Waals surface area contributed by atoms with Gasteiger partial charge in [0.2, 0.25) is 11.8 Å². The molecule has 2 heterocycles. The van der Waals surface area contributed by atoms with Crippen LogP contribution in [-0.4, -0.2) is 54.5 Å². The first kappa shape index (κ1) is 18.9. The Morgan fingerprint density at radius 1 is 1.19 bits per heavy atom. The summed E-state index contributed by atoms with van der Waals surface area (Å²) in [4.78, 5) is 28.8. The monoisotopic (exact) mass is 358 g/mol. The fourth-order valence-corrected chi connectivity index (χ4v) is 4.20. The van der Waals surface area contributed by atoms with Gasteiger partial charge in [0.15, 0.2) is 0 Å². The van der Waals surface area contributed by atoms with E-state index in [1.165, 1.54) is 0 Å². The van der Waals surface area contributed by atoms with E-state index in [0.29, 0.717) is 19.6 Å². The molecule has 5 nitrogen and oxygen atoms in total. The Balaban J connectivity index is 1.62. The van der Waals surface area contributed by atoms with Crippen molar-refractivity contribution in [3.05, 3.63) is 35.9 Å². The Morgan fingerprint density at radius 2 is 2.00 bits per heavy atom. The zero-order valence-corrected chi connectivity index (χ0v) is 15.8. The molecule has 2 aliphatic heterocycles. The van der Waals surface area contributed by atoms with Gasteiger partial charge < -0.3 is 14.5 Å². The van der Waals surface area contributed by atoms with Gasteiger partial charge in [0, 0.05) is 44.6 Å². The van der Waals surface area contributed by atoms with Crippen molar-refractivity contribution in [2.24, 2.45) is 5.41 Å². The lowest BCUT2D eigenvalue weighted by molar-refractivity contribution is -0.145. The van der Waals surface area contributed by atoms with Crippen LogP contribution in [0.1, 0.15) is 44.6 Å². The van der Waals surface area contributed by atoms with Gasteiger partial charge >= 0.3 is 0 Å². The lowest BCUT2D eigenvalue weighted by Gasteiger charge is -2.48. The van der Waals surface area contributed by atoms with Crippen molar-refractivity contribution in [2.45, 2.75) is 45.6 Å². The summed E-state index contributed by atoms with van der Waals surface area (Å²) >= 11 is 0. The molecule has 1 atom stereocenters. The lowest BCUT2D eigenvalue weighted by atomic mass is 9.73. The summed E-state index contributed by atoms with van der Waals surface area (Å²) in [7, 11) is 0. The van der Waals surface area contributed by atoms with Crippen LogP contribution in [0.5, 0.6) is 0 Å². The highest BCUT2D eigenvalue weighted by Crippen LogP contribution is 2.39. The van der Waals surface area contributed by atoms with Gasteiger partial charge in [-0.3, -0.25) is 9.59 Å². The molecule has 5 heteroatoms. The molecule has 2 fully saturated rings. The molecule has 2 saturated heterocycles. The van der Waals surface area contributed by atoms with Crippen molar-refractivity contribution >= 4 is 11.8 Å². The van der Waals surface area contributed by atoms with Crippen LogP contribution in [0.25, 0.3) is 0 Å². The van der Waals surface area contributed by atoms with Crippen molar-refractivity contribution < 1.29 is 14.3 Å². The molecule has 0 radical (unpaired) electrons. The SMILES string of the molecule is CCCOCC(=O)N1CCC[C@@]2(CCC(=O)N(Cc3ccccc3)C2)C1. The number of hydrogen-bond acceptors (Lipinski definition) is 3. The average molecular weight is 358 g/mol. The third kappa shape index (κ3) is 4.64. The predicted molar refractivity (Wildman–Crippen MR) is 100 cm³/mol. The number of rotatable bonds is 6. The average Bonchev–Trinajstić information content (AvgIpc) is 2.66. The van der Waals surface area contributed by atoms with E-state index in [2.05, 4.69) is 12.1 Å². The zero-order valence-electron chi connectivity index (χ0n) is 15.8. The van der Waals surface area contributed by atoms with Gasteiger partial charge in [-0.2, -0.15) is 0 Å². The minimum absolute atomic E-state index is 0.0430. The smallest absolute Gasteiger partial charge is 0.248 e.